The van der Waals surface area contributed by atoms with E-state index >= 15 is 0 Å². The summed E-state index contributed by atoms with van der Waals surface area (Å²) in [4.78, 5) is 10.2. The summed E-state index contributed by atoms with van der Waals surface area (Å²) in [6.07, 6.45) is 3.75. The van der Waals surface area contributed by atoms with E-state index in [9.17, 15) is 4.79 Å². The standard InChI is InChI=1S/C10H16O/c1-8(2)10(4)6-5-9(3)7-11/h5,7,10H,1,6H2,2-4H3/b9-5+. The van der Waals surface area contributed by atoms with Crippen molar-refractivity contribution in [2.24, 2.45) is 5.92 Å². The smallest absolute Gasteiger partial charge is 0.145 e. The molecule has 0 N–H and O–H groups in total. The van der Waals surface area contributed by atoms with Gasteiger partial charge in [-0.15, -0.1) is 0 Å². The van der Waals surface area contributed by atoms with Crippen molar-refractivity contribution in [3.63, 3.8) is 0 Å². The van der Waals surface area contributed by atoms with Gasteiger partial charge < -0.3 is 0 Å². The zero-order chi connectivity index (χ0) is 8.85. The van der Waals surface area contributed by atoms with Crippen LogP contribution in [0.25, 0.3) is 0 Å². The first-order valence-electron chi connectivity index (χ1n) is 3.85. The molecule has 0 heterocycles. The number of hydrogen-bond acceptors (Lipinski definition) is 1. The minimum absolute atomic E-state index is 0.477. The summed E-state index contributed by atoms with van der Waals surface area (Å²) < 4.78 is 0. The molecule has 11 heavy (non-hydrogen) atoms. The molecule has 0 saturated carbocycles. The van der Waals surface area contributed by atoms with Gasteiger partial charge in [0, 0.05) is 0 Å². The number of allylic oxidation sites excluding steroid dienone is 3. The highest BCUT2D eigenvalue weighted by Crippen LogP contribution is 2.12. The van der Waals surface area contributed by atoms with Crippen LogP contribution in [0.1, 0.15) is 27.2 Å². The molecule has 0 radical (unpaired) electrons. The molecule has 62 valence electrons. The fraction of sp³-hybridized carbons (Fsp3) is 0.500. The molecule has 0 rings (SSSR count). The van der Waals surface area contributed by atoms with E-state index in [0.717, 1.165) is 18.3 Å². The highest BCUT2D eigenvalue weighted by Gasteiger charge is 1.98. The minimum atomic E-state index is 0.477. The van der Waals surface area contributed by atoms with Gasteiger partial charge in [0.15, 0.2) is 0 Å². The highest BCUT2D eigenvalue weighted by atomic mass is 16.1. The lowest BCUT2D eigenvalue weighted by Crippen LogP contribution is -1.93. The van der Waals surface area contributed by atoms with Gasteiger partial charge in [-0.2, -0.15) is 0 Å². The monoisotopic (exact) mass is 152 g/mol. The molecular weight excluding hydrogens is 136 g/mol. The Morgan fingerprint density at radius 1 is 1.55 bits per heavy atom. The summed E-state index contributed by atoms with van der Waals surface area (Å²) >= 11 is 0. The first kappa shape index (κ1) is 10.2. The zero-order valence-electron chi connectivity index (χ0n) is 7.55. The Balaban J connectivity index is 3.87. The van der Waals surface area contributed by atoms with Crippen molar-refractivity contribution in [2.45, 2.75) is 27.2 Å². The Morgan fingerprint density at radius 2 is 2.09 bits per heavy atom. The number of hydrogen-bond donors (Lipinski definition) is 0. The highest BCUT2D eigenvalue weighted by molar-refractivity contribution is 5.71. The molecule has 0 bridgehead atoms. The van der Waals surface area contributed by atoms with Crippen molar-refractivity contribution in [1.29, 1.82) is 0 Å². The Kier molecular flexibility index (Phi) is 4.51. The Bertz CT molecular complexity index is 177. The average molecular weight is 152 g/mol. The molecule has 0 fully saturated rings. The summed E-state index contributed by atoms with van der Waals surface area (Å²) in [7, 11) is 0. The van der Waals surface area contributed by atoms with Gasteiger partial charge in [-0.1, -0.05) is 25.2 Å². The molecule has 1 nitrogen and oxygen atoms in total. The van der Waals surface area contributed by atoms with Crippen molar-refractivity contribution in [2.75, 3.05) is 0 Å². The summed E-state index contributed by atoms with van der Waals surface area (Å²) in [5.74, 6) is 0.477. The average Bonchev–Trinajstić information content (AvgIpc) is 1.99. The van der Waals surface area contributed by atoms with Crippen LogP contribution >= 0.6 is 0 Å². The third kappa shape index (κ3) is 4.54. The van der Waals surface area contributed by atoms with Gasteiger partial charge in [-0.25, -0.2) is 0 Å². The van der Waals surface area contributed by atoms with Crippen LogP contribution in [0.2, 0.25) is 0 Å². The number of aldehydes is 1. The molecule has 1 atom stereocenters. The number of carbonyl (C=O) groups excluding carboxylic acids is 1. The Hall–Kier alpha value is -0.850. The maximum atomic E-state index is 10.2. The molecule has 0 aliphatic rings. The SMILES string of the molecule is C=C(C)C(C)C/C=C(\C)C=O. The van der Waals surface area contributed by atoms with Crippen molar-refractivity contribution in [3.05, 3.63) is 23.8 Å². The quantitative estimate of drug-likeness (QED) is 0.344. The molecule has 0 aromatic carbocycles. The molecule has 0 aromatic heterocycles. The summed E-state index contributed by atoms with van der Waals surface area (Å²) in [5.41, 5.74) is 1.97. The minimum Gasteiger partial charge on any atom is -0.298 e. The second-order valence-electron chi connectivity index (χ2n) is 3.05. The molecule has 1 heteroatoms. The van der Waals surface area contributed by atoms with Gasteiger partial charge in [0.25, 0.3) is 0 Å². The van der Waals surface area contributed by atoms with E-state index in [1.807, 2.05) is 19.9 Å². The van der Waals surface area contributed by atoms with Gasteiger partial charge in [0.1, 0.15) is 6.29 Å². The van der Waals surface area contributed by atoms with Crippen molar-refractivity contribution < 1.29 is 4.79 Å². The lowest BCUT2D eigenvalue weighted by molar-refractivity contribution is -0.104. The van der Waals surface area contributed by atoms with Crippen LogP contribution in [0.3, 0.4) is 0 Å². The zero-order valence-corrected chi connectivity index (χ0v) is 7.55. The first-order valence-corrected chi connectivity index (χ1v) is 3.85. The van der Waals surface area contributed by atoms with E-state index in [1.165, 1.54) is 5.57 Å². The maximum Gasteiger partial charge on any atom is 0.145 e. The predicted octanol–water partition coefficient (Wildman–Crippen LogP) is 2.73. The lowest BCUT2D eigenvalue weighted by Gasteiger charge is -2.06. The first-order chi connectivity index (χ1) is 5.07. The van der Waals surface area contributed by atoms with Gasteiger partial charge in [0.2, 0.25) is 0 Å². The molecule has 0 aliphatic heterocycles. The normalized spacial score (nSPS) is 14.3. The molecule has 1 unspecified atom stereocenters. The summed E-state index contributed by atoms with van der Waals surface area (Å²) in [6.45, 7) is 9.78. The number of carbonyl (C=O) groups is 1. The predicted molar refractivity (Wildman–Crippen MR) is 48.4 cm³/mol. The molecule has 0 aliphatic carbocycles. The Labute approximate surface area is 68.8 Å². The van der Waals surface area contributed by atoms with Crippen LogP contribution in [-0.2, 0) is 4.79 Å². The van der Waals surface area contributed by atoms with Crippen LogP contribution < -0.4 is 0 Å². The van der Waals surface area contributed by atoms with E-state index in [-0.39, 0.29) is 0 Å². The second-order valence-corrected chi connectivity index (χ2v) is 3.05. The van der Waals surface area contributed by atoms with Gasteiger partial charge in [0.05, 0.1) is 0 Å². The fourth-order valence-electron chi connectivity index (χ4n) is 0.612. The van der Waals surface area contributed by atoms with Crippen molar-refractivity contribution in [3.8, 4) is 0 Å². The van der Waals surface area contributed by atoms with Crippen molar-refractivity contribution >= 4 is 6.29 Å². The van der Waals surface area contributed by atoms with E-state index in [2.05, 4.69) is 13.5 Å². The van der Waals surface area contributed by atoms with Crippen LogP contribution in [-0.4, -0.2) is 6.29 Å². The number of rotatable bonds is 4. The van der Waals surface area contributed by atoms with E-state index < -0.39 is 0 Å². The summed E-state index contributed by atoms with van der Waals surface area (Å²) in [6, 6.07) is 0. The summed E-state index contributed by atoms with van der Waals surface area (Å²) in [5, 5.41) is 0. The maximum absolute atomic E-state index is 10.2. The van der Waals surface area contributed by atoms with E-state index in [0.29, 0.717) is 5.92 Å². The van der Waals surface area contributed by atoms with Gasteiger partial charge in [-0.3, -0.25) is 4.79 Å². The second kappa shape index (κ2) is 4.89. The van der Waals surface area contributed by atoms with Gasteiger partial charge in [-0.05, 0) is 31.8 Å². The molecular formula is C10H16O. The van der Waals surface area contributed by atoms with Crippen LogP contribution in [0.15, 0.2) is 23.8 Å². The molecule has 0 saturated heterocycles. The van der Waals surface area contributed by atoms with Crippen molar-refractivity contribution in [1.82, 2.24) is 0 Å². The van der Waals surface area contributed by atoms with Gasteiger partial charge >= 0.3 is 0 Å². The van der Waals surface area contributed by atoms with Crippen LogP contribution in [0.5, 0.6) is 0 Å². The largest absolute Gasteiger partial charge is 0.298 e. The fourth-order valence-corrected chi connectivity index (χ4v) is 0.612. The third-order valence-corrected chi connectivity index (χ3v) is 1.82. The Morgan fingerprint density at radius 3 is 2.45 bits per heavy atom. The molecule has 0 amide bonds. The molecule has 0 aromatic rings. The molecule has 0 spiro atoms. The van der Waals surface area contributed by atoms with E-state index in [1.54, 1.807) is 0 Å². The van der Waals surface area contributed by atoms with E-state index in [4.69, 9.17) is 0 Å². The van der Waals surface area contributed by atoms with Crippen LogP contribution in [0.4, 0.5) is 0 Å². The van der Waals surface area contributed by atoms with Crippen LogP contribution in [0, 0.1) is 5.92 Å². The third-order valence-electron chi connectivity index (χ3n) is 1.82. The topological polar surface area (TPSA) is 17.1 Å². The lowest BCUT2D eigenvalue weighted by atomic mass is 10.00.